The summed E-state index contributed by atoms with van der Waals surface area (Å²) in [6, 6.07) is 8.56. The molecule has 1 atom stereocenters. The van der Waals surface area contributed by atoms with Crippen molar-refractivity contribution >= 4 is 10.8 Å². The van der Waals surface area contributed by atoms with Gasteiger partial charge in [-0.3, -0.25) is 9.88 Å². The molecule has 0 amide bonds. The van der Waals surface area contributed by atoms with E-state index in [9.17, 15) is 0 Å². The number of aromatic nitrogens is 1. The number of nitrogens with one attached hydrogen (secondary N) is 1. The maximum atomic E-state index is 5.29. The van der Waals surface area contributed by atoms with Crippen molar-refractivity contribution in [2.45, 2.75) is 6.04 Å². The number of pyridine rings is 1. The smallest absolute Gasteiger partial charge is 0.119 e. The van der Waals surface area contributed by atoms with E-state index in [1.807, 2.05) is 18.3 Å². The number of hydrogen-bond donors (Lipinski definition) is 1. The van der Waals surface area contributed by atoms with Crippen molar-refractivity contribution in [1.29, 1.82) is 0 Å². The lowest BCUT2D eigenvalue weighted by atomic mass is 10.0. The van der Waals surface area contributed by atoms with Gasteiger partial charge in [-0.2, -0.15) is 0 Å². The molecule has 1 aliphatic heterocycles. The molecular weight excluding hydrogens is 238 g/mol. The second-order valence-electron chi connectivity index (χ2n) is 4.98. The molecule has 1 aliphatic rings. The van der Waals surface area contributed by atoms with E-state index in [1.165, 1.54) is 10.8 Å². The maximum absolute atomic E-state index is 5.29. The Bertz CT molecular complexity index is 585. The standard InChI is InChI=1S/C15H19N3O/c1-18-8-7-16-10-14(18)15-13-4-3-12(19-2)9-11(13)5-6-17-15/h3-6,9,14,16H,7-8,10H2,1-2H3. The van der Waals surface area contributed by atoms with Gasteiger partial charge in [-0.25, -0.2) is 0 Å². The van der Waals surface area contributed by atoms with Gasteiger partial charge in [0.1, 0.15) is 5.75 Å². The van der Waals surface area contributed by atoms with Crippen LogP contribution in [0.1, 0.15) is 11.7 Å². The van der Waals surface area contributed by atoms with Crippen LogP contribution in [0.4, 0.5) is 0 Å². The molecular formula is C15H19N3O. The van der Waals surface area contributed by atoms with Gasteiger partial charge >= 0.3 is 0 Å². The number of rotatable bonds is 2. The first-order valence-corrected chi connectivity index (χ1v) is 6.63. The molecule has 1 aromatic carbocycles. The fourth-order valence-corrected chi connectivity index (χ4v) is 2.68. The van der Waals surface area contributed by atoms with E-state index in [2.05, 4.69) is 34.4 Å². The third-order valence-corrected chi connectivity index (χ3v) is 3.83. The SMILES string of the molecule is COc1ccc2c(C3CNCCN3C)nccc2c1. The fourth-order valence-electron chi connectivity index (χ4n) is 2.68. The lowest BCUT2D eigenvalue weighted by Crippen LogP contribution is -2.44. The van der Waals surface area contributed by atoms with Crippen LogP contribution in [0.2, 0.25) is 0 Å². The number of piperazine rings is 1. The van der Waals surface area contributed by atoms with E-state index < -0.39 is 0 Å². The molecule has 100 valence electrons. The molecule has 1 aromatic heterocycles. The molecule has 1 fully saturated rings. The van der Waals surface area contributed by atoms with Crippen molar-refractivity contribution in [3.8, 4) is 5.75 Å². The van der Waals surface area contributed by atoms with Crippen LogP contribution >= 0.6 is 0 Å². The molecule has 0 spiro atoms. The Morgan fingerprint density at radius 2 is 2.26 bits per heavy atom. The Morgan fingerprint density at radius 1 is 1.37 bits per heavy atom. The minimum absolute atomic E-state index is 0.339. The summed E-state index contributed by atoms with van der Waals surface area (Å²) >= 11 is 0. The van der Waals surface area contributed by atoms with Gasteiger partial charge in [-0.1, -0.05) is 0 Å². The number of hydrogen-bond acceptors (Lipinski definition) is 4. The lowest BCUT2D eigenvalue weighted by Gasteiger charge is -2.33. The second kappa shape index (κ2) is 5.15. The van der Waals surface area contributed by atoms with E-state index in [0.29, 0.717) is 6.04 Å². The van der Waals surface area contributed by atoms with E-state index in [4.69, 9.17) is 4.74 Å². The first-order valence-electron chi connectivity index (χ1n) is 6.63. The van der Waals surface area contributed by atoms with Gasteiger partial charge < -0.3 is 10.1 Å². The van der Waals surface area contributed by atoms with Crippen molar-refractivity contribution in [1.82, 2.24) is 15.2 Å². The topological polar surface area (TPSA) is 37.4 Å². The molecule has 1 unspecified atom stereocenters. The molecule has 0 radical (unpaired) electrons. The Labute approximate surface area is 113 Å². The zero-order valence-corrected chi connectivity index (χ0v) is 11.4. The van der Waals surface area contributed by atoms with Crippen LogP contribution in [0.5, 0.6) is 5.75 Å². The minimum Gasteiger partial charge on any atom is -0.497 e. The number of benzene rings is 1. The highest BCUT2D eigenvalue weighted by Gasteiger charge is 2.23. The molecule has 2 heterocycles. The first kappa shape index (κ1) is 12.4. The Balaban J connectivity index is 2.08. The number of nitrogens with zero attached hydrogens (tertiary/aromatic N) is 2. The molecule has 0 saturated carbocycles. The highest BCUT2D eigenvalue weighted by atomic mass is 16.5. The third-order valence-electron chi connectivity index (χ3n) is 3.83. The summed E-state index contributed by atoms with van der Waals surface area (Å²) in [7, 11) is 3.86. The van der Waals surface area contributed by atoms with E-state index in [0.717, 1.165) is 31.1 Å². The molecule has 19 heavy (non-hydrogen) atoms. The Morgan fingerprint density at radius 3 is 3.05 bits per heavy atom. The quantitative estimate of drug-likeness (QED) is 0.890. The largest absolute Gasteiger partial charge is 0.497 e. The van der Waals surface area contributed by atoms with Gasteiger partial charge in [0.2, 0.25) is 0 Å². The summed E-state index contributed by atoms with van der Waals surface area (Å²) < 4.78 is 5.29. The maximum Gasteiger partial charge on any atom is 0.119 e. The fraction of sp³-hybridized carbons (Fsp3) is 0.400. The van der Waals surface area contributed by atoms with Crippen LogP contribution < -0.4 is 10.1 Å². The first-order chi connectivity index (χ1) is 9.29. The average Bonchev–Trinajstić information content (AvgIpc) is 2.46. The second-order valence-corrected chi connectivity index (χ2v) is 4.98. The highest BCUT2D eigenvalue weighted by molar-refractivity contribution is 5.86. The van der Waals surface area contributed by atoms with E-state index in [-0.39, 0.29) is 0 Å². The van der Waals surface area contributed by atoms with E-state index >= 15 is 0 Å². The Kier molecular flexibility index (Phi) is 3.36. The predicted molar refractivity (Wildman–Crippen MR) is 76.5 cm³/mol. The number of likely N-dealkylation sites (N-methyl/N-ethyl adjacent to an activating group) is 1. The van der Waals surface area contributed by atoms with Crippen LogP contribution in [0.15, 0.2) is 30.5 Å². The van der Waals surface area contributed by atoms with Crippen LogP contribution in [0.25, 0.3) is 10.8 Å². The van der Waals surface area contributed by atoms with Crippen LogP contribution in [0, 0.1) is 0 Å². The van der Waals surface area contributed by atoms with Crippen molar-refractivity contribution in [2.24, 2.45) is 0 Å². The summed E-state index contributed by atoms with van der Waals surface area (Å²) in [6.45, 7) is 3.05. The zero-order chi connectivity index (χ0) is 13.2. The molecule has 1 N–H and O–H groups in total. The zero-order valence-electron chi connectivity index (χ0n) is 11.4. The highest BCUT2D eigenvalue weighted by Crippen LogP contribution is 2.28. The van der Waals surface area contributed by atoms with Crippen molar-refractivity contribution in [2.75, 3.05) is 33.8 Å². The van der Waals surface area contributed by atoms with Gasteiger partial charge in [0, 0.05) is 31.2 Å². The lowest BCUT2D eigenvalue weighted by molar-refractivity contribution is 0.200. The monoisotopic (exact) mass is 257 g/mol. The van der Waals surface area contributed by atoms with Crippen LogP contribution in [-0.4, -0.2) is 43.7 Å². The number of fused-ring (bicyclic) bond motifs is 1. The average molecular weight is 257 g/mol. The molecule has 3 rings (SSSR count). The number of ether oxygens (including phenoxy) is 1. The van der Waals surface area contributed by atoms with Crippen molar-refractivity contribution < 1.29 is 4.74 Å². The minimum atomic E-state index is 0.339. The van der Waals surface area contributed by atoms with Gasteiger partial charge in [-0.05, 0) is 36.7 Å². The molecule has 0 aliphatic carbocycles. The predicted octanol–water partition coefficient (Wildman–Crippen LogP) is 1.82. The van der Waals surface area contributed by atoms with Crippen LogP contribution in [0.3, 0.4) is 0 Å². The summed E-state index contributed by atoms with van der Waals surface area (Å²) in [5.74, 6) is 0.889. The van der Waals surface area contributed by atoms with Gasteiger partial charge in [-0.15, -0.1) is 0 Å². The molecule has 0 bridgehead atoms. The normalized spacial score (nSPS) is 20.6. The van der Waals surface area contributed by atoms with Crippen molar-refractivity contribution in [3.05, 3.63) is 36.2 Å². The summed E-state index contributed by atoms with van der Waals surface area (Å²) in [5, 5.41) is 5.84. The summed E-state index contributed by atoms with van der Waals surface area (Å²) in [6.07, 6.45) is 1.89. The summed E-state index contributed by atoms with van der Waals surface area (Å²) in [5.41, 5.74) is 1.15. The molecule has 4 heteroatoms. The molecule has 4 nitrogen and oxygen atoms in total. The summed E-state index contributed by atoms with van der Waals surface area (Å²) in [4.78, 5) is 6.98. The molecule has 2 aromatic rings. The van der Waals surface area contributed by atoms with Gasteiger partial charge in [0.15, 0.2) is 0 Å². The van der Waals surface area contributed by atoms with Crippen molar-refractivity contribution in [3.63, 3.8) is 0 Å². The Hall–Kier alpha value is -1.65. The number of methoxy groups -OCH3 is 1. The van der Waals surface area contributed by atoms with Gasteiger partial charge in [0.05, 0.1) is 18.8 Å². The van der Waals surface area contributed by atoms with E-state index in [1.54, 1.807) is 7.11 Å². The van der Waals surface area contributed by atoms with Crippen LogP contribution in [-0.2, 0) is 0 Å². The molecule has 1 saturated heterocycles. The third kappa shape index (κ3) is 2.29. The van der Waals surface area contributed by atoms with Gasteiger partial charge in [0.25, 0.3) is 0 Å².